The van der Waals surface area contributed by atoms with Crippen molar-refractivity contribution >= 4 is 0 Å². The van der Waals surface area contributed by atoms with Crippen molar-refractivity contribution in [2.45, 2.75) is 39.5 Å². The molecule has 0 aliphatic carbocycles. The number of benzene rings is 1. The number of hydrogen-bond donors (Lipinski definition) is 0. The van der Waals surface area contributed by atoms with E-state index >= 15 is 0 Å². The molecule has 0 heterocycles. The van der Waals surface area contributed by atoms with Gasteiger partial charge in [0.1, 0.15) is 0 Å². The van der Waals surface area contributed by atoms with Gasteiger partial charge in [-0.2, -0.15) is 0 Å². The predicted molar refractivity (Wildman–Crippen MR) is 54.8 cm³/mol. The van der Waals surface area contributed by atoms with Crippen molar-refractivity contribution < 1.29 is 8.78 Å². The molecule has 0 aromatic heterocycles. The second kappa shape index (κ2) is 3.68. The van der Waals surface area contributed by atoms with Gasteiger partial charge in [0.15, 0.2) is 0 Å². The molecule has 0 radical (unpaired) electrons. The summed E-state index contributed by atoms with van der Waals surface area (Å²) in [4.78, 5) is 0. The van der Waals surface area contributed by atoms with E-state index in [-0.39, 0.29) is 11.5 Å². The molecule has 0 nitrogen and oxygen atoms in total. The smallest absolute Gasteiger partial charge is 0.202 e. The van der Waals surface area contributed by atoms with Gasteiger partial charge in [-0.05, 0) is 24.0 Å². The van der Waals surface area contributed by atoms with E-state index in [1.54, 1.807) is 13.0 Å². The Morgan fingerprint density at radius 1 is 1.21 bits per heavy atom. The minimum absolute atomic E-state index is 0.142. The second-order valence-electron chi connectivity index (χ2n) is 4.06. The van der Waals surface area contributed by atoms with Crippen LogP contribution in [-0.4, -0.2) is 0 Å². The zero-order chi connectivity index (χ0) is 10.9. The minimum atomic E-state index is -2.74. The Bertz CT molecular complexity index is 322. The maximum absolute atomic E-state index is 13.2. The molecule has 0 amide bonds. The first-order valence-corrected chi connectivity index (χ1v) is 4.82. The lowest BCUT2D eigenvalue weighted by molar-refractivity contribution is 0.0167. The Hall–Kier alpha value is -0.920. The topological polar surface area (TPSA) is 0 Å². The number of hydrogen-bond acceptors (Lipinski definition) is 0. The molecule has 0 saturated carbocycles. The monoisotopic (exact) mass is 198 g/mol. The zero-order valence-corrected chi connectivity index (χ0v) is 9.07. The van der Waals surface area contributed by atoms with Crippen molar-refractivity contribution in [1.29, 1.82) is 0 Å². The molecule has 0 fully saturated rings. The largest absolute Gasteiger partial charge is 0.270 e. The maximum atomic E-state index is 13.2. The first-order chi connectivity index (χ1) is 6.34. The summed E-state index contributed by atoms with van der Waals surface area (Å²) in [5.74, 6) is -2.45. The van der Waals surface area contributed by atoms with Gasteiger partial charge in [0, 0.05) is 12.5 Å². The number of alkyl halides is 2. The summed E-state index contributed by atoms with van der Waals surface area (Å²) in [7, 11) is 0. The molecule has 1 aromatic rings. The van der Waals surface area contributed by atoms with Crippen LogP contribution in [0.15, 0.2) is 18.2 Å². The highest BCUT2D eigenvalue weighted by atomic mass is 19.3. The van der Waals surface area contributed by atoms with Crippen LogP contribution in [-0.2, 0) is 5.92 Å². The predicted octanol–water partition coefficient (Wildman–Crippen LogP) is 4.23. The van der Waals surface area contributed by atoms with Crippen LogP contribution >= 0.6 is 0 Å². The van der Waals surface area contributed by atoms with E-state index in [0.717, 1.165) is 18.1 Å². The molecule has 0 N–H and O–H groups in total. The average molecular weight is 198 g/mol. The van der Waals surface area contributed by atoms with Crippen LogP contribution in [0.25, 0.3) is 0 Å². The average Bonchev–Trinajstić information content (AvgIpc) is 2.01. The van der Waals surface area contributed by atoms with Crippen molar-refractivity contribution in [1.82, 2.24) is 0 Å². The van der Waals surface area contributed by atoms with Crippen LogP contribution in [0.4, 0.5) is 8.78 Å². The van der Waals surface area contributed by atoms with Crippen LogP contribution in [0.1, 0.15) is 43.4 Å². The summed E-state index contributed by atoms with van der Waals surface area (Å²) in [6.07, 6.45) is 0. The van der Waals surface area contributed by atoms with Crippen molar-refractivity contribution in [3.8, 4) is 0 Å². The fourth-order valence-corrected chi connectivity index (χ4v) is 1.75. The SMILES string of the molecule is Cc1c(C(C)C)cccc1C(C)(F)F. The number of rotatable bonds is 2. The van der Waals surface area contributed by atoms with E-state index in [1.165, 1.54) is 6.07 Å². The molecule has 1 aromatic carbocycles. The van der Waals surface area contributed by atoms with Gasteiger partial charge in [-0.15, -0.1) is 0 Å². The fourth-order valence-electron chi connectivity index (χ4n) is 1.75. The molecular formula is C12H16F2. The highest BCUT2D eigenvalue weighted by Crippen LogP contribution is 2.32. The van der Waals surface area contributed by atoms with Gasteiger partial charge in [-0.25, -0.2) is 8.78 Å². The molecule has 78 valence electrons. The zero-order valence-electron chi connectivity index (χ0n) is 9.07. The lowest BCUT2D eigenvalue weighted by Crippen LogP contribution is -2.11. The Morgan fingerprint density at radius 3 is 2.21 bits per heavy atom. The van der Waals surface area contributed by atoms with Crippen LogP contribution in [0, 0.1) is 6.92 Å². The van der Waals surface area contributed by atoms with Gasteiger partial charge in [0.2, 0.25) is 0 Å². The van der Waals surface area contributed by atoms with E-state index < -0.39 is 5.92 Å². The third-order valence-electron chi connectivity index (χ3n) is 2.47. The van der Waals surface area contributed by atoms with Crippen molar-refractivity contribution in [2.75, 3.05) is 0 Å². The normalized spacial score (nSPS) is 12.2. The lowest BCUT2D eigenvalue weighted by Gasteiger charge is -2.18. The van der Waals surface area contributed by atoms with Crippen LogP contribution in [0.3, 0.4) is 0 Å². The molecule has 0 atom stereocenters. The highest BCUT2D eigenvalue weighted by molar-refractivity contribution is 5.38. The molecule has 0 bridgehead atoms. The van der Waals surface area contributed by atoms with Crippen LogP contribution in [0.5, 0.6) is 0 Å². The van der Waals surface area contributed by atoms with Crippen LogP contribution < -0.4 is 0 Å². The van der Waals surface area contributed by atoms with Crippen molar-refractivity contribution in [3.63, 3.8) is 0 Å². The fraction of sp³-hybridized carbons (Fsp3) is 0.500. The molecule has 1 rings (SSSR count). The molecule has 0 aliphatic heterocycles. The van der Waals surface area contributed by atoms with Crippen LogP contribution in [0.2, 0.25) is 0 Å². The van der Waals surface area contributed by atoms with E-state index in [4.69, 9.17) is 0 Å². The Morgan fingerprint density at radius 2 is 1.79 bits per heavy atom. The second-order valence-corrected chi connectivity index (χ2v) is 4.06. The molecule has 0 spiro atoms. The standard InChI is InChI=1S/C12H16F2/c1-8(2)10-6-5-7-11(9(10)3)12(4,13)14/h5-8H,1-4H3. The molecule has 2 heteroatoms. The third-order valence-corrected chi connectivity index (χ3v) is 2.47. The quantitative estimate of drug-likeness (QED) is 0.667. The van der Waals surface area contributed by atoms with Crippen molar-refractivity contribution in [2.24, 2.45) is 0 Å². The summed E-state index contributed by atoms with van der Waals surface area (Å²) in [5.41, 5.74) is 1.86. The first-order valence-electron chi connectivity index (χ1n) is 4.82. The van der Waals surface area contributed by atoms with Gasteiger partial charge in [0.05, 0.1) is 0 Å². The lowest BCUT2D eigenvalue weighted by atomic mass is 9.92. The molecular weight excluding hydrogens is 182 g/mol. The Balaban J connectivity index is 3.28. The van der Waals surface area contributed by atoms with Gasteiger partial charge in [-0.1, -0.05) is 32.0 Å². The summed E-state index contributed by atoms with van der Waals surface area (Å²) in [6.45, 7) is 6.74. The summed E-state index contributed by atoms with van der Waals surface area (Å²) < 4.78 is 26.3. The Labute approximate surface area is 84.0 Å². The third kappa shape index (κ3) is 2.11. The van der Waals surface area contributed by atoms with Gasteiger partial charge < -0.3 is 0 Å². The Kier molecular flexibility index (Phi) is 2.93. The minimum Gasteiger partial charge on any atom is -0.202 e. The highest BCUT2D eigenvalue weighted by Gasteiger charge is 2.27. The summed E-state index contributed by atoms with van der Waals surface area (Å²) >= 11 is 0. The van der Waals surface area contributed by atoms with Gasteiger partial charge >= 0.3 is 0 Å². The first kappa shape index (κ1) is 11.2. The summed E-state index contributed by atoms with van der Waals surface area (Å²) in [5, 5.41) is 0. The van der Waals surface area contributed by atoms with E-state index in [2.05, 4.69) is 0 Å². The van der Waals surface area contributed by atoms with E-state index in [0.29, 0.717) is 0 Å². The number of halogens is 2. The van der Waals surface area contributed by atoms with E-state index in [9.17, 15) is 8.78 Å². The molecule has 14 heavy (non-hydrogen) atoms. The maximum Gasteiger partial charge on any atom is 0.270 e. The molecule has 0 saturated heterocycles. The van der Waals surface area contributed by atoms with Gasteiger partial charge in [0.25, 0.3) is 5.92 Å². The molecule has 0 aliphatic rings. The van der Waals surface area contributed by atoms with Gasteiger partial charge in [-0.3, -0.25) is 0 Å². The molecule has 0 unspecified atom stereocenters. The van der Waals surface area contributed by atoms with E-state index in [1.807, 2.05) is 19.9 Å². The summed E-state index contributed by atoms with van der Waals surface area (Å²) in [6, 6.07) is 5.12. The van der Waals surface area contributed by atoms with Crippen molar-refractivity contribution in [3.05, 3.63) is 34.9 Å².